The van der Waals surface area contributed by atoms with Crippen LogP contribution in [-0.4, -0.2) is 83.6 Å². The van der Waals surface area contributed by atoms with Crippen molar-refractivity contribution in [3.05, 3.63) is 12.4 Å². The van der Waals surface area contributed by atoms with Crippen molar-refractivity contribution in [1.29, 1.82) is 0 Å². The van der Waals surface area contributed by atoms with Crippen molar-refractivity contribution in [3.63, 3.8) is 0 Å². The summed E-state index contributed by atoms with van der Waals surface area (Å²) in [5.41, 5.74) is -1.23. The summed E-state index contributed by atoms with van der Waals surface area (Å²) in [5.74, 6) is -0.614. The minimum Gasteiger partial charge on any atom is -0.444 e. The summed E-state index contributed by atoms with van der Waals surface area (Å²) in [6.07, 6.45) is 4.82. The maximum Gasteiger partial charge on any atom is 0.498 e. The van der Waals surface area contributed by atoms with Gasteiger partial charge in [0.2, 0.25) is 20.9 Å². The zero-order valence-electron chi connectivity index (χ0n) is 25.3. The third-order valence-corrected chi connectivity index (χ3v) is 9.23. The zero-order valence-corrected chi connectivity index (χ0v) is 26.1. The molecule has 13 heteroatoms. The molecule has 0 aromatic carbocycles. The topological polar surface area (TPSA) is 137 Å². The lowest BCUT2D eigenvalue weighted by Crippen LogP contribution is -2.56. The lowest BCUT2D eigenvalue weighted by molar-refractivity contribution is -0.138. The van der Waals surface area contributed by atoms with E-state index < -0.39 is 45.9 Å². The molecular formula is C27H45BN4O7S. The van der Waals surface area contributed by atoms with Crippen molar-refractivity contribution < 1.29 is 32.1 Å². The first-order valence-corrected chi connectivity index (χ1v) is 15.7. The molecule has 1 aromatic rings. The standard InChI is InChI=1S/C27H45BN4O7S/c1-18(2)21(31-24(34)37-25(3,4)5)22(33)32-14-11-10-12-20(32)13-15-40(35,36)23-29-16-19(17-30-23)28-38-26(6,7)27(8,9)39-28/h16-18,20-21H,10-15H2,1-9H3,(H,31,34)/t20-,21+/m1/s1. The fraction of sp³-hybridized carbons (Fsp3) is 0.778. The number of aromatic nitrogens is 2. The number of piperidine rings is 1. The van der Waals surface area contributed by atoms with E-state index in [0.29, 0.717) is 18.4 Å². The fourth-order valence-corrected chi connectivity index (χ4v) is 5.88. The van der Waals surface area contributed by atoms with Gasteiger partial charge in [-0.15, -0.1) is 0 Å². The highest BCUT2D eigenvalue weighted by Gasteiger charge is 2.52. The third-order valence-electron chi connectivity index (χ3n) is 7.69. The van der Waals surface area contributed by atoms with Crippen molar-refractivity contribution in [2.45, 2.75) is 122 Å². The Morgan fingerprint density at radius 1 is 1.12 bits per heavy atom. The number of hydrogen-bond donors (Lipinski definition) is 1. The van der Waals surface area contributed by atoms with Gasteiger partial charge < -0.3 is 24.3 Å². The Hall–Kier alpha value is -2.25. The van der Waals surface area contributed by atoms with Crippen LogP contribution in [0.5, 0.6) is 0 Å². The smallest absolute Gasteiger partial charge is 0.444 e. The first-order chi connectivity index (χ1) is 18.3. The lowest BCUT2D eigenvalue weighted by Gasteiger charge is -2.39. The highest BCUT2D eigenvalue weighted by atomic mass is 32.2. The van der Waals surface area contributed by atoms with Gasteiger partial charge in [0.05, 0.1) is 17.0 Å². The summed E-state index contributed by atoms with van der Waals surface area (Å²) >= 11 is 0. The fourth-order valence-electron chi connectivity index (χ4n) is 4.69. The molecule has 0 aliphatic carbocycles. The summed E-state index contributed by atoms with van der Waals surface area (Å²) in [6, 6.07) is -1.06. The summed E-state index contributed by atoms with van der Waals surface area (Å²) in [4.78, 5) is 35.9. The van der Waals surface area contributed by atoms with E-state index in [4.69, 9.17) is 14.0 Å². The number of alkyl carbamates (subject to hydrolysis) is 1. The number of ether oxygens (including phenoxy) is 1. The molecule has 2 saturated heterocycles. The lowest BCUT2D eigenvalue weighted by atomic mass is 9.81. The predicted molar refractivity (Wildman–Crippen MR) is 152 cm³/mol. The van der Waals surface area contributed by atoms with Gasteiger partial charge in [0.1, 0.15) is 11.6 Å². The van der Waals surface area contributed by atoms with Crippen LogP contribution >= 0.6 is 0 Å². The van der Waals surface area contributed by atoms with Gasteiger partial charge >= 0.3 is 13.2 Å². The minimum atomic E-state index is -3.80. The Labute approximate surface area is 239 Å². The molecular weight excluding hydrogens is 535 g/mol. The maximum absolute atomic E-state index is 13.6. The highest BCUT2D eigenvalue weighted by Crippen LogP contribution is 2.36. The normalized spacial score (nSPS) is 21.8. The molecule has 2 amide bonds. The molecule has 2 atom stereocenters. The van der Waals surface area contributed by atoms with E-state index >= 15 is 0 Å². The molecule has 11 nitrogen and oxygen atoms in total. The highest BCUT2D eigenvalue weighted by molar-refractivity contribution is 7.91. The number of nitrogens with zero attached hydrogens (tertiary/aromatic N) is 3. The second kappa shape index (κ2) is 11.9. The quantitative estimate of drug-likeness (QED) is 0.364. The molecule has 40 heavy (non-hydrogen) atoms. The van der Waals surface area contributed by atoms with E-state index in [1.54, 1.807) is 25.7 Å². The van der Waals surface area contributed by atoms with Crippen LogP contribution < -0.4 is 10.8 Å². The van der Waals surface area contributed by atoms with Gasteiger partial charge in [-0.2, -0.15) is 0 Å². The number of carbonyl (C=O) groups excluding carboxylic acids is 2. The van der Waals surface area contributed by atoms with E-state index in [-0.39, 0.29) is 35.2 Å². The summed E-state index contributed by atoms with van der Waals surface area (Å²) < 4.78 is 43.6. The second-order valence-corrected chi connectivity index (χ2v) is 15.0. The van der Waals surface area contributed by atoms with E-state index in [0.717, 1.165) is 12.8 Å². The molecule has 2 aliphatic heterocycles. The van der Waals surface area contributed by atoms with E-state index in [9.17, 15) is 18.0 Å². The molecule has 2 aliphatic rings. The van der Waals surface area contributed by atoms with Crippen LogP contribution in [-0.2, 0) is 28.7 Å². The van der Waals surface area contributed by atoms with Gasteiger partial charge in [-0.25, -0.2) is 23.2 Å². The molecule has 0 radical (unpaired) electrons. The molecule has 3 rings (SSSR count). The number of carbonyl (C=O) groups is 2. The monoisotopic (exact) mass is 580 g/mol. The van der Waals surface area contributed by atoms with E-state index in [1.165, 1.54) is 12.4 Å². The number of amides is 2. The molecule has 2 fully saturated rings. The molecule has 0 unspecified atom stereocenters. The molecule has 0 saturated carbocycles. The van der Waals surface area contributed by atoms with Crippen molar-refractivity contribution in [1.82, 2.24) is 20.2 Å². The van der Waals surface area contributed by atoms with E-state index in [2.05, 4.69) is 15.3 Å². The van der Waals surface area contributed by atoms with Crippen molar-refractivity contribution in [2.75, 3.05) is 12.3 Å². The Morgan fingerprint density at radius 3 is 2.23 bits per heavy atom. The van der Waals surface area contributed by atoms with Crippen LogP contribution in [0.1, 0.15) is 88.0 Å². The average molecular weight is 581 g/mol. The average Bonchev–Trinajstić information content (AvgIpc) is 3.06. The van der Waals surface area contributed by atoms with Gasteiger partial charge in [0.25, 0.3) is 0 Å². The molecule has 1 N–H and O–H groups in total. The number of rotatable bonds is 8. The Balaban J connectivity index is 1.67. The van der Waals surface area contributed by atoms with Gasteiger partial charge in [-0.3, -0.25) is 4.79 Å². The number of likely N-dealkylation sites (tertiary alicyclic amines) is 1. The molecule has 0 spiro atoms. The van der Waals surface area contributed by atoms with Gasteiger partial charge in [0.15, 0.2) is 0 Å². The Kier molecular flexibility index (Phi) is 9.63. The number of hydrogen-bond acceptors (Lipinski definition) is 9. The van der Waals surface area contributed by atoms with Crippen LogP contribution in [0.2, 0.25) is 0 Å². The number of sulfone groups is 1. The second-order valence-electron chi connectivity index (χ2n) is 13.0. The van der Waals surface area contributed by atoms with Crippen LogP contribution in [0.15, 0.2) is 17.6 Å². The zero-order chi connectivity index (χ0) is 30.1. The first kappa shape index (κ1) is 32.3. The van der Waals surface area contributed by atoms with Crippen molar-refractivity contribution in [3.8, 4) is 0 Å². The summed E-state index contributed by atoms with van der Waals surface area (Å²) in [5, 5.41) is 2.45. The van der Waals surface area contributed by atoms with Crippen molar-refractivity contribution >= 4 is 34.4 Å². The van der Waals surface area contributed by atoms with Crippen LogP contribution in [0.25, 0.3) is 0 Å². The van der Waals surface area contributed by atoms with Crippen molar-refractivity contribution in [2.24, 2.45) is 5.92 Å². The first-order valence-electron chi connectivity index (χ1n) is 14.0. The third kappa shape index (κ3) is 7.73. The largest absolute Gasteiger partial charge is 0.498 e. The molecule has 1 aromatic heterocycles. The minimum absolute atomic E-state index is 0.179. The van der Waals surface area contributed by atoms with Gasteiger partial charge in [-0.1, -0.05) is 13.8 Å². The maximum atomic E-state index is 13.6. The van der Waals surface area contributed by atoms with E-state index in [1.807, 2.05) is 41.5 Å². The van der Waals surface area contributed by atoms with Crippen LogP contribution in [0.3, 0.4) is 0 Å². The summed E-state index contributed by atoms with van der Waals surface area (Å²) in [6.45, 7) is 17.2. The predicted octanol–water partition coefficient (Wildman–Crippen LogP) is 2.87. The van der Waals surface area contributed by atoms with Crippen LogP contribution in [0, 0.1) is 5.92 Å². The Bertz CT molecular complexity index is 1150. The summed E-state index contributed by atoms with van der Waals surface area (Å²) in [7, 11) is -4.49. The number of nitrogens with one attached hydrogen (secondary N) is 1. The molecule has 0 bridgehead atoms. The SMILES string of the molecule is CC(C)[C@H](NC(=O)OC(C)(C)C)C(=O)N1CCCC[C@@H]1CCS(=O)(=O)c1ncc(B2OC(C)(C)C(C)(C)O2)cn1. The van der Waals surface area contributed by atoms with Gasteiger partial charge in [0, 0.05) is 30.4 Å². The van der Waals surface area contributed by atoms with Crippen LogP contribution in [0.4, 0.5) is 4.79 Å². The Morgan fingerprint density at radius 2 is 1.70 bits per heavy atom. The van der Waals surface area contributed by atoms with Gasteiger partial charge in [-0.05, 0) is 80.1 Å². The molecule has 3 heterocycles. The molecule has 224 valence electrons.